The molecule has 1 atom stereocenters. The fourth-order valence-corrected chi connectivity index (χ4v) is 3.69. The zero-order chi connectivity index (χ0) is 28.0. The van der Waals surface area contributed by atoms with E-state index >= 15 is 0 Å². The number of aliphatic carboxylic acids is 5. The number of hydrogen-bond acceptors (Lipinski definition) is 14. The molecule has 0 spiro atoms. The van der Waals surface area contributed by atoms with E-state index in [4.69, 9.17) is 4.74 Å². The van der Waals surface area contributed by atoms with E-state index in [-0.39, 0.29) is 152 Å². The Balaban J connectivity index is -0.00000171. The standard InChI is InChI=1S/C23H33N3O11.Ca.3Na/c1-2-37-18-5-3-16(4-6-18)9-17(26(14-22(33)34)15-23(35)36)10-24(11-19(27)28)7-8-25(12-20(29)30)13-21(31)32;;;;/h3-6,17H,2,7-15H2,1H3,(H,27,28)(H,29,30)(H,31,32)(H,33,34)(H,35,36);;;;/q;+2;3*+1/p-5. The van der Waals surface area contributed by atoms with Crippen LogP contribution in [0.1, 0.15) is 12.5 Å². The summed E-state index contributed by atoms with van der Waals surface area (Å²) in [6.45, 7) is -2.18. The Kier molecular flexibility index (Phi) is 31.7. The zero-order valence-corrected chi connectivity index (χ0v) is 32.2. The van der Waals surface area contributed by atoms with Crippen molar-refractivity contribution < 1.29 is 143 Å². The van der Waals surface area contributed by atoms with Crippen molar-refractivity contribution in [2.75, 3.05) is 59.0 Å². The Morgan fingerprint density at radius 2 is 1.07 bits per heavy atom. The predicted molar refractivity (Wildman–Crippen MR) is 120 cm³/mol. The maximum absolute atomic E-state index is 11.4. The van der Waals surface area contributed by atoms with Crippen molar-refractivity contribution in [3.63, 3.8) is 0 Å². The van der Waals surface area contributed by atoms with E-state index in [0.29, 0.717) is 17.9 Å². The van der Waals surface area contributed by atoms with Gasteiger partial charge >= 0.3 is 126 Å². The average Bonchev–Trinajstić information content (AvgIpc) is 2.76. The molecule has 1 aromatic carbocycles. The topological polar surface area (TPSA) is 220 Å². The second-order valence-electron chi connectivity index (χ2n) is 8.15. The fraction of sp³-hybridized carbons (Fsp3) is 0.522. The van der Waals surface area contributed by atoms with Gasteiger partial charge in [0.05, 0.1) is 36.5 Å². The number of carbonyl (C=O) groups is 5. The zero-order valence-electron chi connectivity index (χ0n) is 24.0. The first-order chi connectivity index (χ1) is 17.4. The molecule has 206 valence electrons. The van der Waals surface area contributed by atoms with Crippen molar-refractivity contribution in [3.8, 4) is 5.75 Å². The van der Waals surface area contributed by atoms with Crippen molar-refractivity contribution in [3.05, 3.63) is 29.8 Å². The number of benzene rings is 1. The summed E-state index contributed by atoms with van der Waals surface area (Å²) < 4.78 is 5.38. The first-order valence-electron chi connectivity index (χ1n) is 11.3. The van der Waals surface area contributed by atoms with Crippen LogP contribution < -0.4 is 119 Å². The molecule has 0 aliphatic carbocycles. The Morgan fingerprint density at radius 3 is 1.46 bits per heavy atom. The summed E-state index contributed by atoms with van der Waals surface area (Å²) in [5.74, 6) is -7.21. The van der Waals surface area contributed by atoms with Crippen LogP contribution in [0.3, 0.4) is 0 Å². The second-order valence-corrected chi connectivity index (χ2v) is 8.15. The van der Waals surface area contributed by atoms with Crippen LogP contribution in [0.4, 0.5) is 0 Å². The summed E-state index contributed by atoms with van der Waals surface area (Å²) in [4.78, 5) is 59.1. The van der Waals surface area contributed by atoms with Gasteiger partial charge < -0.3 is 54.2 Å². The van der Waals surface area contributed by atoms with Crippen LogP contribution in [0.15, 0.2) is 24.3 Å². The minimum Gasteiger partial charge on any atom is -0.549 e. The first kappa shape index (κ1) is 48.4. The SMILES string of the molecule is CCOc1ccc(CC(CN(CCN(CC(=O)[O-])CC(=O)[O-])CC(=O)[O-])N(CC(=O)[O-])CC(=O)[O-])cc1.[Ca+2].[Na+].[Na+].[Na+]. The number of nitrogens with zero attached hydrogens (tertiary/aromatic N) is 3. The molecule has 0 aromatic heterocycles. The van der Waals surface area contributed by atoms with Crippen molar-refractivity contribution in [1.29, 1.82) is 0 Å². The molecular formula is C23H28CaN3Na3O11. The van der Waals surface area contributed by atoms with Gasteiger partial charge in [0, 0.05) is 58.4 Å². The number of rotatable bonds is 20. The van der Waals surface area contributed by atoms with Crippen LogP contribution in [0.5, 0.6) is 5.75 Å². The van der Waals surface area contributed by atoms with E-state index in [1.54, 1.807) is 31.2 Å². The second kappa shape index (κ2) is 26.9. The summed E-state index contributed by atoms with van der Waals surface area (Å²) in [6, 6.07) is 5.80. The summed E-state index contributed by atoms with van der Waals surface area (Å²) in [5.41, 5.74) is 0.652. The molecule has 0 aliphatic heterocycles. The summed E-state index contributed by atoms with van der Waals surface area (Å²) in [6.07, 6.45) is 0.0817. The van der Waals surface area contributed by atoms with E-state index in [2.05, 4.69) is 0 Å². The first-order valence-corrected chi connectivity index (χ1v) is 11.3. The molecule has 0 aliphatic rings. The fourth-order valence-electron chi connectivity index (χ4n) is 3.69. The number of carbonyl (C=O) groups excluding carboxylic acids is 5. The molecule has 1 unspecified atom stereocenters. The molecule has 1 aromatic rings. The van der Waals surface area contributed by atoms with Crippen LogP contribution in [-0.4, -0.2) is 147 Å². The molecule has 0 N–H and O–H groups in total. The van der Waals surface area contributed by atoms with Crippen molar-refractivity contribution in [1.82, 2.24) is 14.7 Å². The Morgan fingerprint density at radius 1 is 0.683 bits per heavy atom. The van der Waals surface area contributed by atoms with Gasteiger partial charge in [0.2, 0.25) is 0 Å². The van der Waals surface area contributed by atoms with E-state index in [0.717, 1.165) is 9.80 Å². The molecule has 0 amide bonds. The predicted octanol–water partition coefficient (Wildman–Crippen LogP) is -16.7. The minimum absolute atomic E-state index is 0. The van der Waals surface area contributed by atoms with Gasteiger partial charge in [-0.05, 0) is 31.0 Å². The number of carboxylic acids is 5. The van der Waals surface area contributed by atoms with Gasteiger partial charge in [-0.2, -0.15) is 0 Å². The molecular weight excluding hydrogens is 603 g/mol. The summed E-state index contributed by atoms with van der Waals surface area (Å²) >= 11 is 0. The van der Waals surface area contributed by atoms with Gasteiger partial charge in [-0.1, -0.05) is 12.1 Å². The van der Waals surface area contributed by atoms with Gasteiger partial charge in [0.15, 0.2) is 0 Å². The van der Waals surface area contributed by atoms with Crippen LogP contribution in [-0.2, 0) is 30.4 Å². The molecule has 0 radical (unpaired) electrons. The van der Waals surface area contributed by atoms with E-state index in [9.17, 15) is 49.5 Å². The summed E-state index contributed by atoms with van der Waals surface area (Å²) in [5, 5.41) is 55.9. The van der Waals surface area contributed by atoms with Crippen LogP contribution in [0.2, 0.25) is 0 Å². The Labute approximate surface area is 334 Å². The largest absolute Gasteiger partial charge is 2.00 e. The smallest absolute Gasteiger partial charge is 0.549 e. The van der Waals surface area contributed by atoms with Crippen LogP contribution in [0.25, 0.3) is 0 Å². The number of ether oxygens (including phenoxy) is 1. The minimum atomic E-state index is -1.57. The van der Waals surface area contributed by atoms with Gasteiger partial charge in [0.25, 0.3) is 0 Å². The quantitative estimate of drug-likeness (QED) is 0.122. The number of hydrogen-bond donors (Lipinski definition) is 0. The van der Waals surface area contributed by atoms with E-state index in [1.807, 2.05) is 0 Å². The third-order valence-electron chi connectivity index (χ3n) is 5.15. The van der Waals surface area contributed by atoms with Crippen molar-refractivity contribution >= 4 is 67.6 Å². The third kappa shape index (κ3) is 23.5. The van der Waals surface area contributed by atoms with Gasteiger partial charge in [-0.15, -0.1) is 0 Å². The van der Waals surface area contributed by atoms with Gasteiger partial charge in [-0.25, -0.2) is 0 Å². The molecule has 0 bridgehead atoms. The normalized spacial score (nSPS) is 10.8. The summed E-state index contributed by atoms with van der Waals surface area (Å²) in [7, 11) is 0. The van der Waals surface area contributed by atoms with E-state index < -0.39 is 68.6 Å². The van der Waals surface area contributed by atoms with E-state index in [1.165, 1.54) is 4.90 Å². The average molecular weight is 632 g/mol. The van der Waals surface area contributed by atoms with Crippen LogP contribution in [0, 0.1) is 0 Å². The Bertz CT molecular complexity index is 913. The van der Waals surface area contributed by atoms with Crippen molar-refractivity contribution in [2.24, 2.45) is 0 Å². The third-order valence-corrected chi connectivity index (χ3v) is 5.15. The number of carboxylic acid groups (broad SMARTS) is 5. The maximum atomic E-state index is 11.4. The molecule has 0 heterocycles. The van der Waals surface area contributed by atoms with Gasteiger partial charge in [-0.3, -0.25) is 14.7 Å². The van der Waals surface area contributed by atoms with Gasteiger partial charge in [0.1, 0.15) is 5.75 Å². The maximum Gasteiger partial charge on any atom is 2.00 e. The van der Waals surface area contributed by atoms with Crippen molar-refractivity contribution in [2.45, 2.75) is 19.4 Å². The Hall–Kier alpha value is 0.510. The molecule has 14 nitrogen and oxygen atoms in total. The molecule has 18 heteroatoms. The molecule has 1 rings (SSSR count). The molecule has 0 fully saturated rings. The monoisotopic (exact) mass is 631 g/mol. The molecule has 0 saturated carbocycles. The van der Waals surface area contributed by atoms with Crippen LogP contribution >= 0.6 is 0 Å². The molecule has 41 heavy (non-hydrogen) atoms. The molecule has 0 saturated heterocycles.